The molecular formula is C23H29N3O5S. The van der Waals surface area contributed by atoms with E-state index >= 15 is 0 Å². The quantitative estimate of drug-likeness (QED) is 0.485. The van der Waals surface area contributed by atoms with Gasteiger partial charge in [-0.25, -0.2) is 8.42 Å². The molecule has 2 aromatic rings. The number of nitro groups is 1. The highest BCUT2D eigenvalue weighted by atomic mass is 32.2. The first-order chi connectivity index (χ1) is 15.0. The van der Waals surface area contributed by atoms with Crippen molar-refractivity contribution in [3.63, 3.8) is 0 Å². The standard InChI is InChI=1S/C23H29N3O5S/c1-16-12-17(2)22(18(3)13-16)32(30,31)25-10-8-20(9-11-25)23(27)24(4)15-19-6-5-7-21(14-19)26(28)29/h5-7,12-14,20H,8-11,15H2,1-4H3. The van der Waals surface area contributed by atoms with E-state index in [0.29, 0.717) is 23.3 Å². The fourth-order valence-electron chi connectivity index (χ4n) is 4.48. The summed E-state index contributed by atoms with van der Waals surface area (Å²) in [5.41, 5.74) is 3.16. The fraction of sp³-hybridized carbons (Fsp3) is 0.435. The van der Waals surface area contributed by atoms with Crippen LogP contribution in [0.3, 0.4) is 0 Å². The van der Waals surface area contributed by atoms with Gasteiger partial charge in [0.15, 0.2) is 0 Å². The van der Waals surface area contributed by atoms with Crippen LogP contribution in [0.25, 0.3) is 0 Å². The van der Waals surface area contributed by atoms with Crippen LogP contribution in [-0.4, -0.2) is 48.6 Å². The summed E-state index contributed by atoms with van der Waals surface area (Å²) < 4.78 is 28.0. The number of sulfonamides is 1. The molecule has 0 aromatic heterocycles. The first-order valence-corrected chi connectivity index (χ1v) is 12.0. The second kappa shape index (κ2) is 9.38. The Morgan fingerprint density at radius 2 is 1.72 bits per heavy atom. The molecule has 0 N–H and O–H groups in total. The minimum absolute atomic E-state index is 0.0106. The Hall–Kier alpha value is -2.78. The molecule has 32 heavy (non-hydrogen) atoms. The average Bonchev–Trinajstić information content (AvgIpc) is 2.72. The molecule has 172 valence electrons. The number of benzene rings is 2. The molecular weight excluding hydrogens is 430 g/mol. The lowest BCUT2D eigenvalue weighted by atomic mass is 9.96. The van der Waals surface area contributed by atoms with Crippen LogP contribution < -0.4 is 0 Å². The molecule has 0 spiro atoms. The van der Waals surface area contributed by atoms with E-state index in [1.54, 1.807) is 24.1 Å². The number of carbonyl (C=O) groups is 1. The molecule has 1 amide bonds. The summed E-state index contributed by atoms with van der Waals surface area (Å²) in [6.07, 6.45) is 0.891. The average molecular weight is 460 g/mol. The number of non-ortho nitro benzene ring substituents is 1. The maximum absolute atomic E-state index is 13.3. The number of carbonyl (C=O) groups excluding carboxylic acids is 1. The Morgan fingerprint density at radius 1 is 1.12 bits per heavy atom. The monoisotopic (exact) mass is 459 g/mol. The van der Waals surface area contributed by atoms with Crippen LogP contribution in [0.2, 0.25) is 0 Å². The molecule has 0 radical (unpaired) electrons. The summed E-state index contributed by atoms with van der Waals surface area (Å²) >= 11 is 0. The fourth-order valence-corrected chi connectivity index (χ4v) is 6.36. The third kappa shape index (κ3) is 4.99. The van der Waals surface area contributed by atoms with Gasteiger partial charge >= 0.3 is 0 Å². The summed E-state index contributed by atoms with van der Waals surface area (Å²) in [4.78, 5) is 25.3. The maximum atomic E-state index is 13.3. The van der Waals surface area contributed by atoms with Crippen LogP contribution in [0.4, 0.5) is 5.69 Å². The molecule has 1 aliphatic rings. The molecule has 1 saturated heterocycles. The van der Waals surface area contributed by atoms with Gasteiger partial charge in [0.2, 0.25) is 15.9 Å². The van der Waals surface area contributed by atoms with Gasteiger partial charge < -0.3 is 4.90 Å². The minimum atomic E-state index is -3.63. The van der Waals surface area contributed by atoms with E-state index < -0.39 is 14.9 Å². The lowest BCUT2D eigenvalue weighted by Crippen LogP contribution is -2.43. The molecule has 1 heterocycles. The first-order valence-electron chi connectivity index (χ1n) is 10.6. The number of piperidine rings is 1. The normalized spacial score (nSPS) is 15.5. The summed E-state index contributed by atoms with van der Waals surface area (Å²) in [6, 6.07) is 9.98. The number of rotatable bonds is 6. The van der Waals surface area contributed by atoms with Crippen molar-refractivity contribution in [2.24, 2.45) is 5.92 Å². The molecule has 3 rings (SSSR count). The van der Waals surface area contributed by atoms with Gasteiger partial charge in [0.05, 0.1) is 9.82 Å². The lowest BCUT2D eigenvalue weighted by Gasteiger charge is -2.33. The Kier molecular flexibility index (Phi) is 7.00. The third-order valence-electron chi connectivity index (χ3n) is 5.92. The van der Waals surface area contributed by atoms with Gasteiger partial charge in [-0.05, 0) is 50.3 Å². The van der Waals surface area contributed by atoms with E-state index in [9.17, 15) is 23.3 Å². The third-order valence-corrected chi connectivity index (χ3v) is 8.13. The Balaban J connectivity index is 1.65. The second-order valence-corrected chi connectivity index (χ2v) is 10.4. The smallest absolute Gasteiger partial charge is 0.269 e. The van der Waals surface area contributed by atoms with Crippen molar-refractivity contribution in [1.29, 1.82) is 0 Å². The summed E-state index contributed by atoms with van der Waals surface area (Å²) in [6.45, 7) is 6.41. The SMILES string of the molecule is Cc1cc(C)c(S(=O)(=O)N2CCC(C(=O)N(C)Cc3cccc([N+](=O)[O-])c3)CC2)c(C)c1. The van der Waals surface area contributed by atoms with Crippen molar-refractivity contribution >= 4 is 21.6 Å². The number of nitro benzene ring substituents is 1. The number of hydrogen-bond donors (Lipinski definition) is 0. The number of aryl methyl sites for hydroxylation is 3. The highest BCUT2D eigenvalue weighted by Crippen LogP contribution is 2.29. The van der Waals surface area contributed by atoms with Gasteiger partial charge in [0.25, 0.3) is 5.69 Å². The van der Waals surface area contributed by atoms with E-state index in [1.807, 2.05) is 32.9 Å². The Morgan fingerprint density at radius 3 is 2.28 bits per heavy atom. The van der Waals surface area contributed by atoms with Crippen molar-refractivity contribution in [3.05, 3.63) is 68.8 Å². The Bertz CT molecular complexity index is 1120. The lowest BCUT2D eigenvalue weighted by molar-refractivity contribution is -0.384. The van der Waals surface area contributed by atoms with Gasteiger partial charge in [-0.3, -0.25) is 14.9 Å². The predicted octanol–water partition coefficient (Wildman–Crippen LogP) is 3.58. The van der Waals surface area contributed by atoms with E-state index in [-0.39, 0.29) is 37.1 Å². The van der Waals surface area contributed by atoms with Gasteiger partial charge in [-0.2, -0.15) is 4.31 Å². The van der Waals surface area contributed by atoms with Crippen LogP contribution >= 0.6 is 0 Å². The van der Waals surface area contributed by atoms with Crippen molar-refractivity contribution in [2.45, 2.75) is 45.1 Å². The van der Waals surface area contributed by atoms with Crippen LogP contribution in [0.5, 0.6) is 0 Å². The summed E-state index contributed by atoms with van der Waals surface area (Å²) in [5, 5.41) is 11.0. The zero-order chi connectivity index (χ0) is 23.6. The van der Waals surface area contributed by atoms with E-state index in [1.165, 1.54) is 16.4 Å². The van der Waals surface area contributed by atoms with Crippen LogP contribution in [0.1, 0.15) is 35.1 Å². The van der Waals surface area contributed by atoms with Crippen molar-refractivity contribution in [3.8, 4) is 0 Å². The van der Waals surface area contributed by atoms with E-state index in [0.717, 1.165) is 16.7 Å². The largest absolute Gasteiger partial charge is 0.341 e. The Labute approximate surface area is 189 Å². The molecule has 9 heteroatoms. The van der Waals surface area contributed by atoms with Gasteiger partial charge in [-0.1, -0.05) is 29.8 Å². The van der Waals surface area contributed by atoms with Crippen LogP contribution in [0.15, 0.2) is 41.3 Å². The van der Waals surface area contributed by atoms with Gasteiger partial charge in [-0.15, -0.1) is 0 Å². The molecule has 0 bridgehead atoms. The first kappa shape index (κ1) is 23.9. The molecule has 8 nitrogen and oxygen atoms in total. The van der Waals surface area contributed by atoms with Crippen molar-refractivity contribution < 1.29 is 18.1 Å². The maximum Gasteiger partial charge on any atom is 0.269 e. The molecule has 0 atom stereocenters. The highest BCUT2D eigenvalue weighted by molar-refractivity contribution is 7.89. The summed E-state index contributed by atoms with van der Waals surface area (Å²) in [7, 11) is -1.96. The van der Waals surface area contributed by atoms with Gasteiger partial charge in [0.1, 0.15) is 0 Å². The molecule has 0 unspecified atom stereocenters. The second-order valence-electron chi connectivity index (χ2n) is 8.53. The predicted molar refractivity (Wildman–Crippen MR) is 122 cm³/mol. The van der Waals surface area contributed by atoms with E-state index in [4.69, 9.17) is 0 Å². The molecule has 0 aliphatic carbocycles. The minimum Gasteiger partial charge on any atom is -0.341 e. The topological polar surface area (TPSA) is 101 Å². The zero-order valence-electron chi connectivity index (χ0n) is 18.9. The number of hydrogen-bond acceptors (Lipinski definition) is 5. The number of amides is 1. The molecule has 2 aromatic carbocycles. The van der Waals surface area contributed by atoms with Crippen LogP contribution in [-0.2, 0) is 21.4 Å². The van der Waals surface area contributed by atoms with Crippen LogP contribution in [0, 0.1) is 36.8 Å². The molecule has 0 saturated carbocycles. The molecule has 1 aliphatic heterocycles. The zero-order valence-corrected chi connectivity index (χ0v) is 19.7. The van der Waals surface area contributed by atoms with Crippen molar-refractivity contribution in [1.82, 2.24) is 9.21 Å². The number of nitrogens with zero attached hydrogens (tertiary/aromatic N) is 3. The van der Waals surface area contributed by atoms with Gasteiger partial charge in [0, 0.05) is 44.7 Å². The van der Waals surface area contributed by atoms with Crippen molar-refractivity contribution in [2.75, 3.05) is 20.1 Å². The van der Waals surface area contributed by atoms with E-state index in [2.05, 4.69) is 0 Å². The summed E-state index contributed by atoms with van der Waals surface area (Å²) in [5.74, 6) is -0.346. The highest BCUT2D eigenvalue weighted by Gasteiger charge is 2.34. The molecule has 1 fully saturated rings.